The molecule has 0 heterocycles. The van der Waals surface area contributed by atoms with Gasteiger partial charge in [-0.25, -0.2) is 13.2 Å². The molecule has 1 N–H and O–H groups in total. The van der Waals surface area contributed by atoms with E-state index in [0.717, 1.165) is 11.8 Å². The maximum Gasteiger partial charge on any atom is 0.338 e. The number of benzene rings is 2. The SMILES string of the molecule is CC(OC(=O)c1cccc(CS(C)(=O)=O)c1)C(=O)NCc1ccccc1Cl. The summed E-state index contributed by atoms with van der Waals surface area (Å²) in [5.74, 6) is -1.34. The Kier molecular flexibility index (Phi) is 6.98. The van der Waals surface area contributed by atoms with Crippen LogP contribution >= 0.6 is 11.6 Å². The third-order valence-corrected chi connectivity index (χ3v) is 4.88. The molecule has 0 aromatic heterocycles. The van der Waals surface area contributed by atoms with Gasteiger partial charge in [0.25, 0.3) is 5.91 Å². The number of amides is 1. The lowest BCUT2D eigenvalue weighted by Gasteiger charge is -2.14. The summed E-state index contributed by atoms with van der Waals surface area (Å²) in [4.78, 5) is 24.4. The molecular weight excluding hydrogens is 390 g/mol. The molecule has 0 fully saturated rings. The average Bonchev–Trinajstić information content (AvgIpc) is 2.59. The summed E-state index contributed by atoms with van der Waals surface area (Å²) in [5, 5.41) is 3.19. The van der Waals surface area contributed by atoms with Crippen molar-refractivity contribution in [3.8, 4) is 0 Å². The number of sulfone groups is 1. The quantitative estimate of drug-likeness (QED) is 0.710. The van der Waals surface area contributed by atoms with Crippen LogP contribution < -0.4 is 5.32 Å². The highest BCUT2D eigenvalue weighted by atomic mass is 35.5. The van der Waals surface area contributed by atoms with Crippen LogP contribution in [0.1, 0.15) is 28.4 Å². The van der Waals surface area contributed by atoms with Crippen LogP contribution in [-0.2, 0) is 31.7 Å². The highest BCUT2D eigenvalue weighted by Crippen LogP contribution is 2.15. The summed E-state index contributed by atoms with van der Waals surface area (Å²) in [5.41, 5.74) is 1.41. The number of ether oxygens (including phenoxy) is 1. The molecule has 0 aliphatic carbocycles. The van der Waals surface area contributed by atoms with Crippen molar-refractivity contribution < 1.29 is 22.7 Å². The van der Waals surface area contributed by atoms with E-state index < -0.39 is 27.8 Å². The van der Waals surface area contributed by atoms with Gasteiger partial charge in [-0.05, 0) is 36.2 Å². The minimum absolute atomic E-state index is 0.179. The molecule has 0 aliphatic rings. The zero-order chi connectivity index (χ0) is 20.0. The Hall–Kier alpha value is -2.38. The lowest BCUT2D eigenvalue weighted by Crippen LogP contribution is -2.35. The second-order valence-electron chi connectivity index (χ2n) is 6.13. The lowest BCUT2D eigenvalue weighted by molar-refractivity contribution is -0.129. The molecule has 0 radical (unpaired) electrons. The number of carbonyl (C=O) groups excluding carboxylic acids is 2. The second kappa shape index (κ2) is 9.01. The highest BCUT2D eigenvalue weighted by Gasteiger charge is 2.19. The van der Waals surface area contributed by atoms with Gasteiger partial charge in [-0.15, -0.1) is 0 Å². The molecule has 2 aromatic carbocycles. The molecule has 144 valence electrons. The summed E-state index contributed by atoms with van der Waals surface area (Å²) in [6.45, 7) is 1.67. The largest absolute Gasteiger partial charge is 0.449 e. The van der Waals surface area contributed by atoms with Gasteiger partial charge in [0.1, 0.15) is 0 Å². The second-order valence-corrected chi connectivity index (χ2v) is 8.67. The zero-order valence-electron chi connectivity index (χ0n) is 14.9. The van der Waals surface area contributed by atoms with E-state index in [-0.39, 0.29) is 17.9 Å². The first-order valence-electron chi connectivity index (χ1n) is 8.14. The first-order chi connectivity index (χ1) is 12.7. The first kappa shape index (κ1) is 20.9. The molecule has 1 atom stereocenters. The molecule has 0 aliphatic heterocycles. The van der Waals surface area contributed by atoms with Crippen molar-refractivity contribution in [3.05, 3.63) is 70.2 Å². The monoisotopic (exact) mass is 409 g/mol. The molecule has 6 nitrogen and oxygen atoms in total. The van der Waals surface area contributed by atoms with E-state index in [1.807, 2.05) is 0 Å². The van der Waals surface area contributed by atoms with E-state index in [4.69, 9.17) is 16.3 Å². The van der Waals surface area contributed by atoms with Crippen LogP contribution in [0.4, 0.5) is 0 Å². The summed E-state index contributed by atoms with van der Waals surface area (Å²) >= 11 is 6.03. The van der Waals surface area contributed by atoms with Crippen LogP contribution in [0.2, 0.25) is 5.02 Å². The molecule has 0 bridgehead atoms. The fraction of sp³-hybridized carbons (Fsp3) is 0.263. The van der Waals surface area contributed by atoms with Crippen molar-refractivity contribution in [1.29, 1.82) is 0 Å². The number of nitrogens with one attached hydrogen (secondary N) is 1. The van der Waals surface area contributed by atoms with Crippen molar-refractivity contribution in [2.45, 2.75) is 25.3 Å². The van der Waals surface area contributed by atoms with Gasteiger partial charge in [-0.3, -0.25) is 4.79 Å². The summed E-state index contributed by atoms with van der Waals surface area (Å²) in [6.07, 6.45) is 0.0993. The molecule has 2 rings (SSSR count). The Balaban J connectivity index is 1.95. The van der Waals surface area contributed by atoms with Crippen LogP contribution in [0.25, 0.3) is 0 Å². The van der Waals surface area contributed by atoms with Gasteiger partial charge in [0.05, 0.1) is 11.3 Å². The van der Waals surface area contributed by atoms with Gasteiger partial charge in [0.15, 0.2) is 15.9 Å². The van der Waals surface area contributed by atoms with E-state index in [1.54, 1.807) is 36.4 Å². The molecule has 0 saturated carbocycles. The zero-order valence-corrected chi connectivity index (χ0v) is 16.5. The number of esters is 1. The third-order valence-electron chi connectivity index (χ3n) is 3.66. The van der Waals surface area contributed by atoms with Crippen molar-refractivity contribution >= 4 is 33.3 Å². The van der Waals surface area contributed by atoms with Crippen molar-refractivity contribution in [2.24, 2.45) is 0 Å². The third kappa shape index (κ3) is 6.69. The normalized spacial score (nSPS) is 12.3. The number of hydrogen-bond donors (Lipinski definition) is 1. The fourth-order valence-electron chi connectivity index (χ4n) is 2.34. The van der Waals surface area contributed by atoms with Crippen LogP contribution in [0.3, 0.4) is 0 Å². The smallest absolute Gasteiger partial charge is 0.338 e. The van der Waals surface area contributed by atoms with Crippen LogP contribution in [0.15, 0.2) is 48.5 Å². The summed E-state index contributed by atoms with van der Waals surface area (Å²) in [6, 6.07) is 13.2. The Morgan fingerprint density at radius 2 is 1.85 bits per heavy atom. The van der Waals surface area contributed by atoms with E-state index in [9.17, 15) is 18.0 Å². The number of carbonyl (C=O) groups is 2. The van der Waals surface area contributed by atoms with Gasteiger partial charge in [0.2, 0.25) is 0 Å². The first-order valence-corrected chi connectivity index (χ1v) is 10.6. The number of rotatable bonds is 7. The fourth-order valence-corrected chi connectivity index (χ4v) is 3.33. The Morgan fingerprint density at radius 3 is 2.52 bits per heavy atom. The molecule has 27 heavy (non-hydrogen) atoms. The number of hydrogen-bond acceptors (Lipinski definition) is 5. The van der Waals surface area contributed by atoms with E-state index in [0.29, 0.717) is 10.6 Å². The molecule has 0 spiro atoms. The predicted molar refractivity (Wildman–Crippen MR) is 103 cm³/mol. The molecule has 1 unspecified atom stereocenters. The van der Waals surface area contributed by atoms with Crippen molar-refractivity contribution in [2.75, 3.05) is 6.26 Å². The van der Waals surface area contributed by atoms with E-state index >= 15 is 0 Å². The summed E-state index contributed by atoms with van der Waals surface area (Å²) in [7, 11) is -3.22. The molecule has 1 amide bonds. The van der Waals surface area contributed by atoms with Crippen LogP contribution in [0, 0.1) is 0 Å². The average molecular weight is 410 g/mol. The minimum atomic E-state index is -3.22. The maximum absolute atomic E-state index is 12.2. The van der Waals surface area contributed by atoms with Crippen molar-refractivity contribution in [3.63, 3.8) is 0 Å². The molecule has 2 aromatic rings. The topological polar surface area (TPSA) is 89.5 Å². The van der Waals surface area contributed by atoms with Gasteiger partial charge in [0, 0.05) is 17.8 Å². The Morgan fingerprint density at radius 1 is 1.15 bits per heavy atom. The molecular formula is C19H20ClNO5S. The minimum Gasteiger partial charge on any atom is -0.449 e. The lowest BCUT2D eigenvalue weighted by atomic mass is 10.1. The van der Waals surface area contributed by atoms with Gasteiger partial charge in [-0.2, -0.15) is 0 Å². The summed E-state index contributed by atoms with van der Waals surface area (Å²) < 4.78 is 27.9. The standard InChI is InChI=1S/C19H20ClNO5S/c1-13(18(22)21-11-16-7-3-4-9-17(16)20)26-19(23)15-8-5-6-14(10-15)12-27(2,24)25/h3-10,13H,11-12H2,1-2H3,(H,21,22). The highest BCUT2D eigenvalue weighted by molar-refractivity contribution is 7.89. The molecule has 0 saturated heterocycles. The van der Waals surface area contributed by atoms with Crippen LogP contribution in [-0.4, -0.2) is 32.7 Å². The van der Waals surface area contributed by atoms with Gasteiger partial charge >= 0.3 is 5.97 Å². The number of halogens is 1. The Bertz CT molecular complexity index is 943. The van der Waals surface area contributed by atoms with Gasteiger partial charge < -0.3 is 10.1 Å². The molecule has 8 heteroatoms. The predicted octanol–water partition coefficient (Wildman–Crippen LogP) is 2.75. The van der Waals surface area contributed by atoms with Gasteiger partial charge in [-0.1, -0.05) is 41.9 Å². The van der Waals surface area contributed by atoms with Crippen LogP contribution in [0.5, 0.6) is 0 Å². The maximum atomic E-state index is 12.2. The van der Waals surface area contributed by atoms with Crippen molar-refractivity contribution in [1.82, 2.24) is 5.32 Å². The van der Waals surface area contributed by atoms with E-state index in [2.05, 4.69) is 5.32 Å². The Labute approximate surface area is 163 Å². The van der Waals surface area contributed by atoms with E-state index in [1.165, 1.54) is 19.1 Å².